The summed E-state index contributed by atoms with van der Waals surface area (Å²) >= 11 is 0. The lowest BCUT2D eigenvalue weighted by molar-refractivity contribution is -0.143. The van der Waals surface area contributed by atoms with E-state index in [1.54, 1.807) is 24.3 Å². The van der Waals surface area contributed by atoms with Gasteiger partial charge in [0.15, 0.2) is 0 Å². The van der Waals surface area contributed by atoms with Crippen LogP contribution in [0, 0.1) is 0 Å². The minimum Gasteiger partial charge on any atom is -0.467 e. The Morgan fingerprint density at radius 3 is 1.73 bits per heavy atom. The van der Waals surface area contributed by atoms with Gasteiger partial charge in [0.05, 0.1) is 12.7 Å². The molecule has 1 N–H and O–H groups in total. The Hall–Kier alpha value is -4.39. The normalized spacial score (nSPS) is 12.0. The molecule has 0 unspecified atom stereocenters. The molecule has 4 aromatic carbocycles. The van der Waals surface area contributed by atoms with E-state index in [1.807, 2.05) is 54.6 Å². The zero-order chi connectivity index (χ0) is 26.4. The molecule has 1 amide bonds. The Labute approximate surface area is 212 Å². The largest absolute Gasteiger partial charge is 0.467 e. The molecule has 7 heteroatoms. The first kappa shape index (κ1) is 25.7. The van der Waals surface area contributed by atoms with Crippen LogP contribution in [0.3, 0.4) is 0 Å². The Kier molecular flexibility index (Phi) is 7.72. The van der Waals surface area contributed by atoms with Crippen molar-refractivity contribution in [3.8, 4) is 22.3 Å². The highest BCUT2D eigenvalue weighted by molar-refractivity contribution is 5.97. The van der Waals surface area contributed by atoms with Gasteiger partial charge in [-0.15, -0.1) is 0 Å². The molecule has 37 heavy (non-hydrogen) atoms. The lowest BCUT2D eigenvalue weighted by atomic mass is 10.00. The van der Waals surface area contributed by atoms with Crippen molar-refractivity contribution < 1.29 is 27.5 Å². The molecule has 4 nitrogen and oxygen atoms in total. The van der Waals surface area contributed by atoms with Crippen LogP contribution in [-0.4, -0.2) is 25.0 Å². The summed E-state index contributed by atoms with van der Waals surface area (Å²) < 4.78 is 43.3. The van der Waals surface area contributed by atoms with Gasteiger partial charge in [-0.1, -0.05) is 78.9 Å². The summed E-state index contributed by atoms with van der Waals surface area (Å²) in [6.07, 6.45) is -4.16. The number of ether oxygens (including phenoxy) is 1. The van der Waals surface area contributed by atoms with Gasteiger partial charge in [-0.3, -0.25) is 4.79 Å². The number of nitrogens with one attached hydrogen (secondary N) is 1. The maximum Gasteiger partial charge on any atom is 0.416 e. The number of carbonyl (C=O) groups excluding carboxylic acids is 2. The second kappa shape index (κ2) is 11.1. The van der Waals surface area contributed by atoms with Gasteiger partial charge in [-0.2, -0.15) is 13.2 Å². The molecule has 188 valence electrons. The third-order valence-electron chi connectivity index (χ3n) is 5.98. The van der Waals surface area contributed by atoms with Gasteiger partial charge >= 0.3 is 12.1 Å². The summed E-state index contributed by atoms with van der Waals surface area (Å²) in [6, 6.07) is 27.9. The van der Waals surface area contributed by atoms with Crippen molar-refractivity contribution in [3.05, 3.63) is 120 Å². The number of carbonyl (C=O) groups is 2. The first-order valence-corrected chi connectivity index (χ1v) is 11.6. The monoisotopic (exact) mass is 503 g/mol. The van der Waals surface area contributed by atoms with Crippen molar-refractivity contribution in [1.29, 1.82) is 0 Å². The number of hydrogen-bond donors (Lipinski definition) is 1. The van der Waals surface area contributed by atoms with E-state index >= 15 is 0 Å². The summed E-state index contributed by atoms with van der Waals surface area (Å²) in [7, 11) is 1.26. The number of amides is 1. The minimum absolute atomic E-state index is 0.247. The van der Waals surface area contributed by atoms with Crippen LogP contribution in [0.5, 0.6) is 0 Å². The van der Waals surface area contributed by atoms with Gasteiger partial charge in [0.25, 0.3) is 5.91 Å². The second-order valence-corrected chi connectivity index (χ2v) is 8.47. The Morgan fingerprint density at radius 1 is 0.730 bits per heavy atom. The highest BCUT2D eigenvalue weighted by Crippen LogP contribution is 2.31. The molecule has 0 aromatic heterocycles. The van der Waals surface area contributed by atoms with Crippen LogP contribution >= 0.6 is 0 Å². The van der Waals surface area contributed by atoms with Crippen molar-refractivity contribution in [2.24, 2.45) is 0 Å². The van der Waals surface area contributed by atoms with Crippen LogP contribution in [0.25, 0.3) is 22.3 Å². The molecular weight excluding hydrogens is 479 g/mol. The summed E-state index contributed by atoms with van der Waals surface area (Å²) in [6.45, 7) is 0. The Balaban J connectivity index is 1.44. The van der Waals surface area contributed by atoms with E-state index in [1.165, 1.54) is 19.2 Å². The maximum absolute atomic E-state index is 12.9. The molecule has 0 bridgehead atoms. The van der Waals surface area contributed by atoms with Gasteiger partial charge in [-0.25, -0.2) is 4.79 Å². The molecule has 0 aliphatic heterocycles. The standard InChI is InChI=1S/C30H24F3NO3/c1-37-29(36)27(19-20-7-9-22(10-8-20)21-5-3-2-4-6-21)34-28(35)25-13-11-23(12-14-25)24-15-17-26(18-16-24)30(31,32)33/h2-18,27H,19H2,1H3,(H,34,35)/t27-/m0/s1. The quantitative estimate of drug-likeness (QED) is 0.291. The molecule has 0 radical (unpaired) electrons. The van der Waals surface area contributed by atoms with Gasteiger partial charge in [0.2, 0.25) is 0 Å². The van der Waals surface area contributed by atoms with E-state index in [9.17, 15) is 22.8 Å². The lowest BCUT2D eigenvalue weighted by Gasteiger charge is -2.17. The molecule has 0 saturated carbocycles. The molecule has 0 saturated heterocycles. The molecule has 4 rings (SSSR count). The number of benzene rings is 4. The van der Waals surface area contributed by atoms with Gasteiger partial charge in [0, 0.05) is 12.0 Å². The van der Waals surface area contributed by atoms with Crippen LogP contribution < -0.4 is 5.32 Å². The maximum atomic E-state index is 12.9. The Morgan fingerprint density at radius 2 is 1.22 bits per heavy atom. The number of methoxy groups -OCH3 is 1. The zero-order valence-electron chi connectivity index (χ0n) is 20.0. The molecule has 0 fully saturated rings. The predicted molar refractivity (Wildman–Crippen MR) is 136 cm³/mol. The SMILES string of the molecule is COC(=O)[C@H](Cc1ccc(-c2ccccc2)cc1)NC(=O)c1ccc(-c2ccc(C(F)(F)F)cc2)cc1. The first-order valence-electron chi connectivity index (χ1n) is 11.6. The highest BCUT2D eigenvalue weighted by atomic mass is 19.4. The predicted octanol–water partition coefficient (Wildman–Crippen LogP) is 6.55. The lowest BCUT2D eigenvalue weighted by Crippen LogP contribution is -2.43. The topological polar surface area (TPSA) is 55.4 Å². The second-order valence-electron chi connectivity index (χ2n) is 8.47. The average molecular weight is 504 g/mol. The third kappa shape index (κ3) is 6.44. The number of alkyl halides is 3. The number of rotatable bonds is 7. The summed E-state index contributed by atoms with van der Waals surface area (Å²) in [5.41, 5.74) is 3.80. The van der Waals surface area contributed by atoms with Gasteiger partial charge in [-0.05, 0) is 52.1 Å². The number of esters is 1. The van der Waals surface area contributed by atoms with Crippen molar-refractivity contribution in [2.45, 2.75) is 18.6 Å². The number of hydrogen-bond acceptors (Lipinski definition) is 3. The van der Waals surface area contributed by atoms with E-state index in [-0.39, 0.29) is 6.42 Å². The smallest absolute Gasteiger partial charge is 0.416 e. The van der Waals surface area contributed by atoms with Crippen molar-refractivity contribution in [3.63, 3.8) is 0 Å². The van der Waals surface area contributed by atoms with Gasteiger partial charge in [0.1, 0.15) is 6.04 Å². The molecule has 0 spiro atoms. The van der Waals surface area contributed by atoms with Crippen molar-refractivity contribution >= 4 is 11.9 Å². The van der Waals surface area contributed by atoms with Crippen LogP contribution in [-0.2, 0) is 22.1 Å². The molecular formula is C30H24F3NO3. The molecule has 0 aliphatic carbocycles. The fourth-order valence-electron chi connectivity index (χ4n) is 3.94. The summed E-state index contributed by atoms with van der Waals surface area (Å²) in [4.78, 5) is 25.3. The van der Waals surface area contributed by atoms with E-state index in [2.05, 4.69) is 5.32 Å². The molecule has 0 aliphatic rings. The Bertz CT molecular complexity index is 1350. The van der Waals surface area contributed by atoms with E-state index in [0.29, 0.717) is 16.7 Å². The van der Waals surface area contributed by atoms with Crippen molar-refractivity contribution in [1.82, 2.24) is 5.32 Å². The zero-order valence-corrected chi connectivity index (χ0v) is 20.0. The van der Waals surface area contributed by atoms with E-state index in [0.717, 1.165) is 28.8 Å². The number of halogens is 3. The van der Waals surface area contributed by atoms with Crippen LogP contribution in [0.4, 0.5) is 13.2 Å². The summed E-state index contributed by atoms with van der Waals surface area (Å²) in [5, 5.41) is 2.72. The van der Waals surface area contributed by atoms with E-state index < -0.39 is 29.7 Å². The fraction of sp³-hybridized carbons (Fsp3) is 0.133. The van der Waals surface area contributed by atoms with E-state index in [4.69, 9.17) is 4.74 Å². The highest BCUT2D eigenvalue weighted by Gasteiger charge is 2.30. The minimum atomic E-state index is -4.40. The van der Waals surface area contributed by atoms with Crippen LogP contribution in [0.2, 0.25) is 0 Å². The molecule has 4 aromatic rings. The van der Waals surface area contributed by atoms with Crippen LogP contribution in [0.1, 0.15) is 21.5 Å². The molecule has 0 heterocycles. The van der Waals surface area contributed by atoms with Gasteiger partial charge < -0.3 is 10.1 Å². The molecule has 1 atom stereocenters. The van der Waals surface area contributed by atoms with Crippen molar-refractivity contribution in [2.75, 3.05) is 7.11 Å². The fourth-order valence-corrected chi connectivity index (χ4v) is 3.94. The average Bonchev–Trinajstić information content (AvgIpc) is 2.93. The van der Waals surface area contributed by atoms with Crippen LogP contribution in [0.15, 0.2) is 103 Å². The third-order valence-corrected chi connectivity index (χ3v) is 5.98. The summed E-state index contributed by atoms with van der Waals surface area (Å²) in [5.74, 6) is -1.03. The first-order chi connectivity index (χ1) is 17.7.